The second-order valence-electron chi connectivity index (χ2n) is 4.37. The molecule has 0 amide bonds. The molecule has 104 valence electrons. The van der Waals surface area contributed by atoms with Crippen LogP contribution < -0.4 is 5.32 Å². The summed E-state index contributed by atoms with van der Waals surface area (Å²) in [5, 5.41) is 12.3. The fourth-order valence-electron chi connectivity index (χ4n) is 2.04. The molecule has 0 fully saturated rings. The molecule has 0 saturated heterocycles. The van der Waals surface area contributed by atoms with Gasteiger partial charge in [-0.05, 0) is 25.3 Å². The van der Waals surface area contributed by atoms with E-state index < -0.39 is 0 Å². The summed E-state index contributed by atoms with van der Waals surface area (Å²) in [4.78, 5) is 8.48. The number of nitrogens with zero attached hydrogens (tertiary/aromatic N) is 3. The normalized spacial score (nSPS) is 11.1. The molecule has 3 aromatic heterocycles. The molecular weight excluding hydrogens is 274 g/mol. The van der Waals surface area contributed by atoms with Gasteiger partial charge in [0.2, 0.25) is 0 Å². The van der Waals surface area contributed by atoms with E-state index in [9.17, 15) is 0 Å². The molecule has 0 aromatic carbocycles. The van der Waals surface area contributed by atoms with Crippen LogP contribution in [0.5, 0.6) is 0 Å². The van der Waals surface area contributed by atoms with Gasteiger partial charge in [0.15, 0.2) is 5.65 Å². The van der Waals surface area contributed by atoms with Crippen molar-refractivity contribution in [3.05, 3.63) is 30.0 Å². The van der Waals surface area contributed by atoms with Crippen LogP contribution in [0.1, 0.15) is 11.5 Å². The zero-order chi connectivity index (χ0) is 13.9. The molecule has 0 unspecified atom stereocenters. The van der Waals surface area contributed by atoms with Gasteiger partial charge in [-0.2, -0.15) is 5.10 Å². The Morgan fingerprint density at radius 2 is 2.25 bits per heavy atom. The molecule has 6 nitrogen and oxygen atoms in total. The number of aromatic amines is 1. The average Bonchev–Trinajstić information content (AvgIpc) is 3.05. The predicted octanol–water partition coefficient (Wildman–Crippen LogP) is 2.63. The highest BCUT2D eigenvalue weighted by Gasteiger charge is 2.11. The van der Waals surface area contributed by atoms with Crippen LogP contribution in [0.25, 0.3) is 11.0 Å². The topological polar surface area (TPSA) is 79.6 Å². The minimum absolute atomic E-state index is 0.748. The Kier molecular flexibility index (Phi) is 3.60. The fraction of sp³-hybridized carbons (Fsp3) is 0.308. The molecule has 0 spiro atoms. The lowest BCUT2D eigenvalue weighted by Gasteiger charge is -2.05. The highest BCUT2D eigenvalue weighted by Crippen LogP contribution is 2.27. The summed E-state index contributed by atoms with van der Waals surface area (Å²) < 4.78 is 5.54. The number of aryl methyl sites for hydroxylation is 1. The molecule has 3 heterocycles. The first-order valence-electron chi connectivity index (χ1n) is 6.30. The summed E-state index contributed by atoms with van der Waals surface area (Å²) in [5.41, 5.74) is 0.751. The van der Waals surface area contributed by atoms with Crippen LogP contribution in [0.2, 0.25) is 0 Å². The molecule has 20 heavy (non-hydrogen) atoms. The maximum absolute atomic E-state index is 5.54. The molecule has 2 N–H and O–H groups in total. The van der Waals surface area contributed by atoms with Gasteiger partial charge in [0.25, 0.3) is 0 Å². The van der Waals surface area contributed by atoms with Gasteiger partial charge in [0.1, 0.15) is 28.7 Å². The molecule has 0 aliphatic rings. The quantitative estimate of drug-likeness (QED) is 0.703. The van der Waals surface area contributed by atoms with Crippen molar-refractivity contribution in [3.63, 3.8) is 0 Å². The van der Waals surface area contributed by atoms with Crippen LogP contribution in [0.3, 0.4) is 0 Å². The number of thioether (sulfide) groups is 1. The lowest BCUT2D eigenvalue weighted by molar-refractivity contribution is 0.486. The van der Waals surface area contributed by atoms with E-state index in [0.29, 0.717) is 0 Å². The number of hydrogen-bond acceptors (Lipinski definition) is 6. The van der Waals surface area contributed by atoms with Gasteiger partial charge in [-0.25, -0.2) is 9.97 Å². The van der Waals surface area contributed by atoms with Crippen LogP contribution in [0.4, 0.5) is 5.82 Å². The maximum Gasteiger partial charge on any atom is 0.161 e. The third-order valence-electron chi connectivity index (χ3n) is 2.98. The van der Waals surface area contributed by atoms with Crippen molar-refractivity contribution in [2.45, 2.75) is 18.4 Å². The Morgan fingerprint density at radius 3 is 3.00 bits per heavy atom. The monoisotopic (exact) mass is 289 g/mol. The molecule has 7 heteroatoms. The van der Waals surface area contributed by atoms with E-state index in [1.165, 1.54) is 6.33 Å². The molecule has 3 rings (SSSR count). The molecular formula is C13H15N5OS. The molecule has 0 bridgehead atoms. The zero-order valence-corrected chi connectivity index (χ0v) is 12.1. The standard InChI is InChI=1S/C13H15N5OS/c1-8-3-4-9(19-8)5-6-14-11-10-12(16-7-15-11)17-18-13(10)20-2/h3-4,7H,5-6H2,1-2H3,(H2,14,15,16,17,18). The molecule has 3 aromatic rings. The van der Waals surface area contributed by atoms with Gasteiger partial charge in [0, 0.05) is 13.0 Å². The molecule has 0 aliphatic carbocycles. The predicted molar refractivity (Wildman–Crippen MR) is 79.1 cm³/mol. The van der Waals surface area contributed by atoms with E-state index in [1.54, 1.807) is 11.8 Å². The third-order valence-corrected chi connectivity index (χ3v) is 3.66. The summed E-state index contributed by atoms with van der Waals surface area (Å²) >= 11 is 1.57. The minimum Gasteiger partial charge on any atom is -0.466 e. The number of hydrogen-bond donors (Lipinski definition) is 2. The first kappa shape index (κ1) is 13.0. The van der Waals surface area contributed by atoms with Gasteiger partial charge in [0.05, 0.1) is 5.39 Å². The third kappa shape index (κ3) is 2.49. The van der Waals surface area contributed by atoms with Crippen LogP contribution in [0, 0.1) is 6.92 Å². The van der Waals surface area contributed by atoms with Crippen molar-refractivity contribution in [3.8, 4) is 0 Å². The van der Waals surface area contributed by atoms with E-state index >= 15 is 0 Å². The molecule has 0 atom stereocenters. The van der Waals surface area contributed by atoms with Crippen molar-refractivity contribution in [2.24, 2.45) is 0 Å². The largest absolute Gasteiger partial charge is 0.466 e. The van der Waals surface area contributed by atoms with Crippen LogP contribution in [-0.4, -0.2) is 33.0 Å². The smallest absolute Gasteiger partial charge is 0.161 e. The lowest BCUT2D eigenvalue weighted by Crippen LogP contribution is -2.06. The summed E-state index contributed by atoms with van der Waals surface area (Å²) in [5.74, 6) is 2.71. The number of nitrogens with one attached hydrogen (secondary N) is 2. The average molecular weight is 289 g/mol. The number of rotatable bonds is 5. The Labute approximate surface area is 120 Å². The summed E-state index contributed by atoms with van der Waals surface area (Å²) in [6.07, 6.45) is 4.33. The van der Waals surface area contributed by atoms with Crippen molar-refractivity contribution in [2.75, 3.05) is 18.1 Å². The summed E-state index contributed by atoms with van der Waals surface area (Å²) in [7, 11) is 0. The van der Waals surface area contributed by atoms with Crippen molar-refractivity contribution < 1.29 is 4.42 Å². The van der Waals surface area contributed by atoms with Crippen LogP contribution in [-0.2, 0) is 6.42 Å². The Bertz CT molecular complexity index is 720. The highest BCUT2D eigenvalue weighted by molar-refractivity contribution is 7.98. The number of fused-ring (bicyclic) bond motifs is 1. The fourth-order valence-corrected chi connectivity index (χ4v) is 2.57. The van der Waals surface area contributed by atoms with Crippen molar-refractivity contribution in [1.29, 1.82) is 0 Å². The molecule has 0 radical (unpaired) electrons. The van der Waals surface area contributed by atoms with Gasteiger partial charge in [-0.1, -0.05) is 0 Å². The van der Waals surface area contributed by atoms with E-state index in [-0.39, 0.29) is 0 Å². The van der Waals surface area contributed by atoms with Crippen molar-refractivity contribution >= 4 is 28.6 Å². The van der Waals surface area contributed by atoms with Gasteiger partial charge in [-0.3, -0.25) is 5.10 Å². The first-order valence-corrected chi connectivity index (χ1v) is 7.52. The van der Waals surface area contributed by atoms with Crippen molar-refractivity contribution in [1.82, 2.24) is 20.2 Å². The second kappa shape index (κ2) is 5.54. The Balaban J connectivity index is 1.75. The van der Waals surface area contributed by atoms with Gasteiger partial charge in [-0.15, -0.1) is 11.8 Å². The zero-order valence-electron chi connectivity index (χ0n) is 11.3. The Morgan fingerprint density at radius 1 is 1.35 bits per heavy atom. The van der Waals surface area contributed by atoms with E-state index in [0.717, 1.165) is 46.4 Å². The number of H-pyrrole nitrogens is 1. The van der Waals surface area contributed by atoms with Gasteiger partial charge >= 0.3 is 0 Å². The lowest BCUT2D eigenvalue weighted by atomic mass is 10.3. The summed E-state index contributed by atoms with van der Waals surface area (Å²) in [6.45, 7) is 2.69. The minimum atomic E-state index is 0.748. The van der Waals surface area contributed by atoms with E-state index in [2.05, 4.69) is 25.5 Å². The molecule has 0 saturated carbocycles. The highest BCUT2D eigenvalue weighted by atomic mass is 32.2. The Hall–Kier alpha value is -2.02. The molecule has 0 aliphatic heterocycles. The van der Waals surface area contributed by atoms with Crippen LogP contribution in [0.15, 0.2) is 27.9 Å². The SMILES string of the molecule is CSc1n[nH]c2ncnc(NCCc3ccc(C)o3)c12. The van der Waals surface area contributed by atoms with Gasteiger partial charge < -0.3 is 9.73 Å². The number of aromatic nitrogens is 4. The number of anilines is 1. The first-order chi connectivity index (χ1) is 9.78. The van der Waals surface area contributed by atoms with Crippen LogP contribution >= 0.6 is 11.8 Å². The summed E-state index contributed by atoms with van der Waals surface area (Å²) in [6, 6.07) is 3.97. The second-order valence-corrected chi connectivity index (χ2v) is 5.16. The van der Waals surface area contributed by atoms with E-state index in [1.807, 2.05) is 25.3 Å². The maximum atomic E-state index is 5.54. The number of furan rings is 1. The van der Waals surface area contributed by atoms with E-state index in [4.69, 9.17) is 4.42 Å².